The Morgan fingerprint density at radius 3 is 2.16 bits per heavy atom. The molecule has 0 aromatic heterocycles. The third-order valence-corrected chi connectivity index (χ3v) is 3.89. The van der Waals surface area contributed by atoms with E-state index >= 15 is 0 Å². The van der Waals surface area contributed by atoms with Crippen molar-refractivity contribution in [3.05, 3.63) is 65.7 Å². The molecule has 2 aromatic rings. The van der Waals surface area contributed by atoms with Crippen LogP contribution in [0, 0.1) is 0 Å². The Labute approximate surface area is 150 Å². The van der Waals surface area contributed by atoms with Gasteiger partial charge in [-0.15, -0.1) is 0 Å². The average molecular weight is 341 g/mol. The van der Waals surface area contributed by atoms with Crippen molar-refractivity contribution in [2.24, 2.45) is 0 Å². The Morgan fingerprint density at radius 2 is 1.64 bits per heavy atom. The number of methoxy groups -OCH3 is 1. The predicted molar refractivity (Wildman–Crippen MR) is 99.6 cm³/mol. The minimum Gasteiger partial charge on any atom is -0.497 e. The van der Waals surface area contributed by atoms with Crippen LogP contribution in [0.1, 0.15) is 44.9 Å². The lowest BCUT2D eigenvalue weighted by atomic mass is 10.1. The summed E-state index contributed by atoms with van der Waals surface area (Å²) >= 11 is 0. The van der Waals surface area contributed by atoms with E-state index in [2.05, 4.69) is 0 Å². The van der Waals surface area contributed by atoms with E-state index < -0.39 is 5.60 Å². The third kappa shape index (κ3) is 5.52. The molecular weight excluding hydrogens is 314 g/mol. The fraction of sp³-hybridized carbons (Fsp3) is 0.381. The number of rotatable bonds is 5. The van der Waals surface area contributed by atoms with Crippen molar-refractivity contribution in [2.45, 2.75) is 45.9 Å². The van der Waals surface area contributed by atoms with E-state index in [1.165, 1.54) is 0 Å². The zero-order chi connectivity index (χ0) is 18.4. The third-order valence-electron chi connectivity index (χ3n) is 3.89. The van der Waals surface area contributed by atoms with Gasteiger partial charge in [-0.25, -0.2) is 4.79 Å². The standard InChI is InChI=1S/C21H27NO3/c1-16(18-11-13-19(24-5)14-12-18)22(20(23)25-21(2,3)4)15-17-9-7-6-8-10-17/h6-14,16H,15H2,1-5H3/t16-/m0/s1. The number of nitrogens with zero attached hydrogens (tertiary/aromatic N) is 1. The van der Waals surface area contributed by atoms with Gasteiger partial charge in [0.05, 0.1) is 13.2 Å². The first-order valence-electron chi connectivity index (χ1n) is 8.47. The predicted octanol–water partition coefficient (Wildman–Crippen LogP) is 5.19. The number of carbonyl (C=O) groups excluding carboxylic acids is 1. The summed E-state index contributed by atoms with van der Waals surface area (Å²) in [4.78, 5) is 14.5. The normalized spacial score (nSPS) is 12.4. The summed E-state index contributed by atoms with van der Waals surface area (Å²) in [7, 11) is 1.64. The molecule has 134 valence electrons. The highest BCUT2D eigenvalue weighted by atomic mass is 16.6. The van der Waals surface area contributed by atoms with Crippen LogP contribution in [0.3, 0.4) is 0 Å². The molecule has 0 bridgehead atoms. The van der Waals surface area contributed by atoms with E-state index in [0.717, 1.165) is 16.9 Å². The number of ether oxygens (including phenoxy) is 2. The second-order valence-electron chi connectivity index (χ2n) is 7.04. The van der Waals surface area contributed by atoms with Crippen molar-refractivity contribution in [3.63, 3.8) is 0 Å². The quantitative estimate of drug-likeness (QED) is 0.751. The summed E-state index contributed by atoms with van der Waals surface area (Å²) in [6.07, 6.45) is -0.320. The van der Waals surface area contributed by atoms with Crippen LogP contribution < -0.4 is 4.74 Å². The molecule has 2 rings (SSSR count). The molecule has 0 N–H and O–H groups in total. The van der Waals surface area contributed by atoms with Crippen LogP contribution >= 0.6 is 0 Å². The Bertz CT molecular complexity index is 675. The molecule has 0 aliphatic heterocycles. The number of benzene rings is 2. The van der Waals surface area contributed by atoms with E-state index in [-0.39, 0.29) is 12.1 Å². The van der Waals surface area contributed by atoms with Gasteiger partial charge >= 0.3 is 6.09 Å². The van der Waals surface area contributed by atoms with Crippen LogP contribution in [0.2, 0.25) is 0 Å². The zero-order valence-electron chi connectivity index (χ0n) is 15.7. The second kappa shape index (κ2) is 8.06. The largest absolute Gasteiger partial charge is 0.497 e. The van der Waals surface area contributed by atoms with Gasteiger partial charge in [0.25, 0.3) is 0 Å². The van der Waals surface area contributed by atoms with Crippen molar-refractivity contribution in [1.82, 2.24) is 4.90 Å². The van der Waals surface area contributed by atoms with Crippen LogP contribution in [0.4, 0.5) is 4.79 Å². The van der Waals surface area contributed by atoms with Gasteiger partial charge in [-0.3, -0.25) is 4.90 Å². The molecule has 1 amide bonds. The molecule has 0 unspecified atom stereocenters. The van der Waals surface area contributed by atoms with Crippen LogP contribution in [0.15, 0.2) is 54.6 Å². The van der Waals surface area contributed by atoms with Gasteiger partial charge in [-0.2, -0.15) is 0 Å². The highest BCUT2D eigenvalue weighted by Gasteiger charge is 2.27. The molecule has 4 nitrogen and oxygen atoms in total. The zero-order valence-corrected chi connectivity index (χ0v) is 15.7. The van der Waals surface area contributed by atoms with Crippen LogP contribution in [-0.2, 0) is 11.3 Å². The van der Waals surface area contributed by atoms with Crippen LogP contribution in [-0.4, -0.2) is 23.7 Å². The number of carbonyl (C=O) groups is 1. The summed E-state index contributed by atoms with van der Waals surface area (Å²) < 4.78 is 10.8. The SMILES string of the molecule is COc1ccc([C@H](C)N(Cc2ccccc2)C(=O)OC(C)(C)C)cc1. The lowest BCUT2D eigenvalue weighted by Gasteiger charge is -2.32. The van der Waals surface area contributed by atoms with E-state index in [4.69, 9.17) is 9.47 Å². The molecule has 0 fully saturated rings. The van der Waals surface area contributed by atoms with Crippen molar-refractivity contribution < 1.29 is 14.3 Å². The highest BCUT2D eigenvalue weighted by Crippen LogP contribution is 2.26. The maximum absolute atomic E-state index is 12.8. The first-order chi connectivity index (χ1) is 11.8. The highest BCUT2D eigenvalue weighted by molar-refractivity contribution is 5.69. The Morgan fingerprint density at radius 1 is 1.04 bits per heavy atom. The molecule has 1 atom stereocenters. The minimum atomic E-state index is -0.536. The molecule has 2 aromatic carbocycles. The van der Waals surface area contributed by atoms with Crippen molar-refractivity contribution in [1.29, 1.82) is 0 Å². The molecule has 0 radical (unpaired) electrons. The van der Waals surface area contributed by atoms with Gasteiger partial charge in [0.2, 0.25) is 0 Å². The van der Waals surface area contributed by atoms with Gasteiger partial charge in [0.15, 0.2) is 0 Å². The number of amides is 1. The van der Waals surface area contributed by atoms with Crippen molar-refractivity contribution >= 4 is 6.09 Å². The maximum Gasteiger partial charge on any atom is 0.411 e. The van der Waals surface area contributed by atoms with Gasteiger partial charge in [-0.1, -0.05) is 42.5 Å². The van der Waals surface area contributed by atoms with Gasteiger partial charge in [0, 0.05) is 6.54 Å². The van der Waals surface area contributed by atoms with Crippen LogP contribution in [0.25, 0.3) is 0 Å². The average Bonchev–Trinajstić information content (AvgIpc) is 2.58. The monoisotopic (exact) mass is 341 g/mol. The Hall–Kier alpha value is -2.49. The van der Waals surface area contributed by atoms with Crippen molar-refractivity contribution in [3.8, 4) is 5.75 Å². The molecule has 0 saturated heterocycles. The Kier molecular flexibility index (Phi) is 6.07. The van der Waals surface area contributed by atoms with Gasteiger partial charge in [0.1, 0.15) is 11.4 Å². The lowest BCUT2D eigenvalue weighted by molar-refractivity contribution is 0.0153. The second-order valence-corrected chi connectivity index (χ2v) is 7.04. The molecule has 0 aliphatic carbocycles. The Balaban J connectivity index is 2.26. The number of hydrogen-bond donors (Lipinski definition) is 0. The maximum atomic E-state index is 12.8. The van der Waals surface area contributed by atoms with E-state index in [9.17, 15) is 4.79 Å². The first-order valence-corrected chi connectivity index (χ1v) is 8.47. The molecule has 25 heavy (non-hydrogen) atoms. The topological polar surface area (TPSA) is 38.8 Å². The molecular formula is C21H27NO3. The van der Waals surface area contributed by atoms with E-state index in [1.807, 2.05) is 82.3 Å². The summed E-state index contributed by atoms with van der Waals surface area (Å²) in [5.41, 5.74) is 1.56. The summed E-state index contributed by atoms with van der Waals surface area (Å²) in [6, 6.07) is 17.6. The van der Waals surface area contributed by atoms with Crippen molar-refractivity contribution in [2.75, 3.05) is 7.11 Å². The van der Waals surface area contributed by atoms with E-state index in [0.29, 0.717) is 6.54 Å². The molecule has 4 heteroatoms. The fourth-order valence-corrected chi connectivity index (χ4v) is 2.52. The molecule has 0 heterocycles. The molecule has 0 spiro atoms. The molecule has 0 saturated carbocycles. The van der Waals surface area contributed by atoms with Gasteiger partial charge in [-0.05, 0) is 51.0 Å². The first kappa shape index (κ1) is 18.8. The number of hydrogen-bond acceptors (Lipinski definition) is 3. The van der Waals surface area contributed by atoms with E-state index in [1.54, 1.807) is 12.0 Å². The smallest absolute Gasteiger partial charge is 0.411 e. The summed E-state index contributed by atoms with van der Waals surface area (Å²) in [5.74, 6) is 0.794. The van der Waals surface area contributed by atoms with Gasteiger partial charge < -0.3 is 9.47 Å². The minimum absolute atomic E-state index is 0.124. The summed E-state index contributed by atoms with van der Waals surface area (Å²) in [6.45, 7) is 8.13. The molecule has 0 aliphatic rings. The fourth-order valence-electron chi connectivity index (χ4n) is 2.52. The lowest BCUT2D eigenvalue weighted by Crippen LogP contribution is -2.38. The van der Waals surface area contributed by atoms with Crippen LogP contribution in [0.5, 0.6) is 5.75 Å². The summed E-state index contributed by atoms with van der Waals surface area (Å²) in [5, 5.41) is 0.